The van der Waals surface area contributed by atoms with Crippen LogP contribution in [0.4, 0.5) is 0 Å². The van der Waals surface area contributed by atoms with Crippen LogP contribution in [0.2, 0.25) is 0 Å². The van der Waals surface area contributed by atoms with Crippen molar-refractivity contribution in [2.45, 2.75) is 26.8 Å². The van der Waals surface area contributed by atoms with Crippen LogP contribution < -0.4 is 5.73 Å². The van der Waals surface area contributed by atoms with Crippen LogP contribution in [0.25, 0.3) is 11.3 Å². The fraction of sp³-hybridized carbons (Fsp3) is 0.286. The maximum atomic E-state index is 11.3. The van der Waals surface area contributed by atoms with E-state index in [0.29, 0.717) is 5.56 Å². The first-order valence-corrected chi connectivity index (χ1v) is 5.94. The number of nitrogens with two attached hydrogens (primary N) is 1. The molecule has 0 bridgehead atoms. The molecule has 2 aromatic rings. The number of hydrogen-bond acceptors (Lipinski definition) is 2. The third-order valence-electron chi connectivity index (χ3n) is 2.82. The number of primary amides is 1. The second-order valence-corrected chi connectivity index (χ2v) is 4.71. The molecule has 0 radical (unpaired) electrons. The van der Waals surface area contributed by atoms with Gasteiger partial charge in [-0.25, -0.2) is 0 Å². The quantitative estimate of drug-likeness (QED) is 0.900. The molecule has 1 heterocycles. The maximum Gasteiger partial charge on any atom is 0.248 e. The van der Waals surface area contributed by atoms with Crippen LogP contribution in [0.1, 0.15) is 35.8 Å². The van der Waals surface area contributed by atoms with Gasteiger partial charge in [0.1, 0.15) is 0 Å². The molecule has 94 valence electrons. The number of nitrogens with zero attached hydrogens (tertiary/aromatic N) is 2. The molecule has 1 aromatic carbocycles. The summed E-state index contributed by atoms with van der Waals surface area (Å²) in [5, 5.41) is 4.30. The summed E-state index contributed by atoms with van der Waals surface area (Å²) >= 11 is 0. The van der Waals surface area contributed by atoms with Crippen molar-refractivity contribution in [1.82, 2.24) is 9.78 Å². The zero-order chi connectivity index (χ0) is 13.3. The molecule has 0 aliphatic rings. The SMILES string of the molecule is Cc1cc(C(N)=O)cc(-c2ccnn2C(C)C)c1. The fourth-order valence-corrected chi connectivity index (χ4v) is 2.03. The van der Waals surface area contributed by atoms with Gasteiger partial charge in [0.15, 0.2) is 0 Å². The minimum Gasteiger partial charge on any atom is -0.366 e. The number of rotatable bonds is 3. The lowest BCUT2D eigenvalue weighted by Gasteiger charge is -2.12. The van der Waals surface area contributed by atoms with E-state index in [1.54, 1.807) is 12.3 Å². The lowest BCUT2D eigenvalue weighted by molar-refractivity contribution is 0.1000. The number of aryl methyl sites for hydroxylation is 1. The molecule has 4 heteroatoms. The van der Waals surface area contributed by atoms with Gasteiger partial charge in [-0.2, -0.15) is 5.10 Å². The van der Waals surface area contributed by atoms with Gasteiger partial charge in [0, 0.05) is 23.4 Å². The second-order valence-electron chi connectivity index (χ2n) is 4.71. The van der Waals surface area contributed by atoms with Gasteiger partial charge in [0.25, 0.3) is 0 Å². The topological polar surface area (TPSA) is 60.9 Å². The van der Waals surface area contributed by atoms with Crippen LogP contribution in [0.5, 0.6) is 0 Å². The highest BCUT2D eigenvalue weighted by Crippen LogP contribution is 2.24. The Morgan fingerprint density at radius 3 is 2.67 bits per heavy atom. The molecule has 1 amide bonds. The molecule has 1 aromatic heterocycles. The van der Waals surface area contributed by atoms with E-state index in [1.165, 1.54) is 0 Å². The van der Waals surface area contributed by atoms with E-state index in [2.05, 4.69) is 18.9 Å². The number of hydrogen-bond donors (Lipinski definition) is 1. The first-order chi connectivity index (χ1) is 8.49. The zero-order valence-corrected chi connectivity index (χ0v) is 10.8. The Bertz CT molecular complexity index is 584. The third kappa shape index (κ3) is 2.27. The highest BCUT2D eigenvalue weighted by Gasteiger charge is 2.11. The molecular weight excluding hydrogens is 226 g/mol. The Morgan fingerprint density at radius 1 is 1.33 bits per heavy atom. The molecule has 0 spiro atoms. The average Bonchev–Trinajstić information content (AvgIpc) is 2.76. The van der Waals surface area contributed by atoms with Crippen molar-refractivity contribution in [1.29, 1.82) is 0 Å². The third-order valence-corrected chi connectivity index (χ3v) is 2.82. The van der Waals surface area contributed by atoms with Crippen molar-refractivity contribution in [2.24, 2.45) is 5.73 Å². The minimum atomic E-state index is -0.407. The van der Waals surface area contributed by atoms with Crippen molar-refractivity contribution < 1.29 is 4.79 Å². The zero-order valence-electron chi connectivity index (χ0n) is 10.8. The van der Waals surface area contributed by atoms with Gasteiger partial charge in [-0.05, 0) is 50.6 Å². The standard InChI is InChI=1S/C14H17N3O/c1-9(2)17-13(4-5-16-17)11-6-10(3)7-12(8-11)14(15)18/h4-9H,1-3H3,(H2,15,18). The monoisotopic (exact) mass is 243 g/mol. The second kappa shape index (κ2) is 4.64. The summed E-state index contributed by atoms with van der Waals surface area (Å²) in [7, 11) is 0. The largest absolute Gasteiger partial charge is 0.366 e. The summed E-state index contributed by atoms with van der Waals surface area (Å²) in [5.74, 6) is -0.407. The van der Waals surface area contributed by atoms with Gasteiger partial charge in [0.05, 0.1) is 5.69 Å². The Labute approximate surface area is 106 Å². The normalized spacial score (nSPS) is 10.9. The highest BCUT2D eigenvalue weighted by molar-refractivity contribution is 5.94. The van der Waals surface area contributed by atoms with Crippen molar-refractivity contribution in [3.05, 3.63) is 41.6 Å². The van der Waals surface area contributed by atoms with Gasteiger partial charge in [-0.3, -0.25) is 9.48 Å². The van der Waals surface area contributed by atoms with Crippen LogP contribution in [0.15, 0.2) is 30.5 Å². The molecule has 0 aliphatic carbocycles. The van der Waals surface area contributed by atoms with E-state index >= 15 is 0 Å². The summed E-state index contributed by atoms with van der Waals surface area (Å²) in [6.45, 7) is 6.09. The molecule has 2 N–H and O–H groups in total. The van der Waals surface area contributed by atoms with E-state index in [1.807, 2.05) is 29.8 Å². The van der Waals surface area contributed by atoms with E-state index < -0.39 is 5.91 Å². The molecule has 18 heavy (non-hydrogen) atoms. The first-order valence-electron chi connectivity index (χ1n) is 5.94. The molecule has 0 saturated carbocycles. The number of amides is 1. The van der Waals surface area contributed by atoms with E-state index in [9.17, 15) is 4.79 Å². The van der Waals surface area contributed by atoms with Gasteiger partial charge in [-0.15, -0.1) is 0 Å². The van der Waals surface area contributed by atoms with Crippen molar-refractivity contribution >= 4 is 5.91 Å². The van der Waals surface area contributed by atoms with Crippen molar-refractivity contribution in [3.8, 4) is 11.3 Å². The summed E-state index contributed by atoms with van der Waals surface area (Å²) in [5.41, 5.74) is 8.85. The van der Waals surface area contributed by atoms with Gasteiger partial charge in [0.2, 0.25) is 5.91 Å². The Kier molecular flexibility index (Phi) is 3.19. The predicted octanol–water partition coefficient (Wildman–Crippen LogP) is 2.54. The molecular formula is C14H17N3O. The van der Waals surface area contributed by atoms with Crippen LogP contribution in [0, 0.1) is 6.92 Å². The Hall–Kier alpha value is -2.10. The van der Waals surface area contributed by atoms with Crippen LogP contribution in [0.3, 0.4) is 0 Å². The van der Waals surface area contributed by atoms with E-state index in [0.717, 1.165) is 16.8 Å². The summed E-state index contributed by atoms with van der Waals surface area (Å²) < 4.78 is 1.93. The van der Waals surface area contributed by atoms with E-state index in [4.69, 9.17) is 5.73 Å². The molecule has 2 rings (SSSR count). The molecule has 0 saturated heterocycles. The van der Waals surface area contributed by atoms with Gasteiger partial charge >= 0.3 is 0 Å². The molecule has 4 nitrogen and oxygen atoms in total. The Balaban J connectivity index is 2.57. The minimum absolute atomic E-state index is 0.271. The smallest absolute Gasteiger partial charge is 0.248 e. The lowest BCUT2D eigenvalue weighted by atomic mass is 10.0. The van der Waals surface area contributed by atoms with Crippen molar-refractivity contribution in [3.63, 3.8) is 0 Å². The van der Waals surface area contributed by atoms with Gasteiger partial charge in [-0.1, -0.05) is 0 Å². The van der Waals surface area contributed by atoms with Crippen LogP contribution in [-0.2, 0) is 0 Å². The van der Waals surface area contributed by atoms with Crippen LogP contribution in [-0.4, -0.2) is 15.7 Å². The van der Waals surface area contributed by atoms with Crippen LogP contribution >= 0.6 is 0 Å². The highest BCUT2D eigenvalue weighted by atomic mass is 16.1. The van der Waals surface area contributed by atoms with E-state index in [-0.39, 0.29) is 6.04 Å². The predicted molar refractivity (Wildman–Crippen MR) is 71.3 cm³/mol. The molecule has 0 unspecified atom stereocenters. The number of benzene rings is 1. The summed E-state index contributed by atoms with van der Waals surface area (Å²) in [6.07, 6.45) is 1.77. The lowest BCUT2D eigenvalue weighted by Crippen LogP contribution is -2.11. The number of carbonyl (C=O) groups is 1. The van der Waals surface area contributed by atoms with Crippen molar-refractivity contribution in [2.75, 3.05) is 0 Å². The Morgan fingerprint density at radius 2 is 2.06 bits per heavy atom. The molecule has 0 aliphatic heterocycles. The molecule has 0 fully saturated rings. The number of carbonyl (C=O) groups excluding carboxylic acids is 1. The summed E-state index contributed by atoms with van der Waals surface area (Å²) in [4.78, 5) is 11.3. The first kappa shape index (κ1) is 12.4. The molecule has 0 atom stereocenters. The summed E-state index contributed by atoms with van der Waals surface area (Å²) in [6, 6.07) is 7.85. The number of aromatic nitrogens is 2. The van der Waals surface area contributed by atoms with Gasteiger partial charge < -0.3 is 5.73 Å². The maximum absolute atomic E-state index is 11.3. The average molecular weight is 243 g/mol. The fourth-order valence-electron chi connectivity index (χ4n) is 2.03.